The Morgan fingerprint density at radius 3 is 2.27 bits per heavy atom. The molecule has 2 heterocycles. The van der Waals surface area contributed by atoms with E-state index in [1.54, 1.807) is 0 Å². The van der Waals surface area contributed by atoms with Crippen LogP contribution in [-0.4, -0.2) is 46.7 Å². The van der Waals surface area contributed by atoms with Crippen molar-refractivity contribution in [2.45, 2.75) is 56.9 Å². The van der Waals surface area contributed by atoms with Crippen LogP contribution in [0.2, 0.25) is 0 Å². The van der Waals surface area contributed by atoms with E-state index in [9.17, 15) is 5.11 Å². The summed E-state index contributed by atoms with van der Waals surface area (Å²) in [6.07, 6.45) is 0.0364. The Bertz CT molecular complexity index is 719. The number of benzene rings is 2. The quantitative estimate of drug-likeness (QED) is 0.918. The number of likely N-dealkylation sites (tertiary alicyclic amines) is 1. The Balaban J connectivity index is 1.62. The van der Waals surface area contributed by atoms with Crippen LogP contribution in [0.5, 0.6) is 0 Å². The molecule has 2 aromatic carbocycles. The summed E-state index contributed by atoms with van der Waals surface area (Å²) in [5, 5.41) is 11.1. The van der Waals surface area contributed by atoms with Crippen LogP contribution in [-0.2, 0) is 22.4 Å². The maximum Gasteiger partial charge on any atom is 0.163 e. The summed E-state index contributed by atoms with van der Waals surface area (Å²) < 4.78 is 12.1. The third-order valence-corrected chi connectivity index (χ3v) is 5.48. The van der Waals surface area contributed by atoms with Crippen molar-refractivity contribution < 1.29 is 14.6 Å². The van der Waals surface area contributed by atoms with Gasteiger partial charge in [-0.3, -0.25) is 4.90 Å². The lowest BCUT2D eigenvalue weighted by atomic mass is 10.00. The zero-order chi connectivity index (χ0) is 18.1. The van der Waals surface area contributed by atoms with E-state index >= 15 is 0 Å². The predicted octanol–water partition coefficient (Wildman–Crippen LogP) is 2.99. The largest absolute Gasteiger partial charge is 0.389 e. The number of ether oxygens (including phenoxy) is 2. The minimum absolute atomic E-state index is 0.00473. The SMILES string of the molecule is CC1(C)OC[C@@H]2[C@@H](O1)[C@@H](O)[C@H](Cc1ccccc1)N2Cc1ccccc1. The average molecular weight is 353 g/mol. The molecule has 4 rings (SSSR count). The summed E-state index contributed by atoms with van der Waals surface area (Å²) in [4.78, 5) is 2.37. The molecule has 0 radical (unpaired) electrons. The highest BCUT2D eigenvalue weighted by Gasteiger charge is 2.53. The third-order valence-electron chi connectivity index (χ3n) is 5.48. The molecule has 4 atom stereocenters. The fraction of sp³-hybridized carbons (Fsp3) is 0.455. The van der Waals surface area contributed by atoms with Crippen molar-refractivity contribution >= 4 is 0 Å². The molecule has 0 unspecified atom stereocenters. The van der Waals surface area contributed by atoms with Crippen LogP contribution >= 0.6 is 0 Å². The molecule has 0 aromatic heterocycles. The Kier molecular flexibility index (Phi) is 4.84. The minimum Gasteiger partial charge on any atom is -0.389 e. The van der Waals surface area contributed by atoms with E-state index in [0.29, 0.717) is 6.61 Å². The van der Waals surface area contributed by atoms with Gasteiger partial charge >= 0.3 is 0 Å². The standard InChI is InChI=1S/C22H27NO3/c1-22(2)25-15-19-21(26-22)20(24)18(13-16-9-5-3-6-10-16)23(19)14-17-11-7-4-8-12-17/h3-12,18-21,24H,13-15H2,1-2H3/t18-,19+,20-,21+/m0/s1. The molecule has 138 valence electrons. The molecular weight excluding hydrogens is 326 g/mol. The van der Waals surface area contributed by atoms with Gasteiger partial charge in [-0.25, -0.2) is 0 Å². The van der Waals surface area contributed by atoms with E-state index < -0.39 is 11.9 Å². The molecule has 2 saturated heterocycles. The predicted molar refractivity (Wildman–Crippen MR) is 101 cm³/mol. The van der Waals surface area contributed by atoms with Gasteiger partial charge in [0.25, 0.3) is 0 Å². The molecule has 1 N–H and O–H groups in total. The molecule has 4 heteroatoms. The highest BCUT2D eigenvalue weighted by molar-refractivity contribution is 5.20. The topological polar surface area (TPSA) is 41.9 Å². The van der Waals surface area contributed by atoms with Crippen LogP contribution in [0.15, 0.2) is 60.7 Å². The summed E-state index contributed by atoms with van der Waals surface area (Å²) in [7, 11) is 0. The van der Waals surface area contributed by atoms with Gasteiger partial charge in [-0.15, -0.1) is 0 Å². The smallest absolute Gasteiger partial charge is 0.163 e. The monoisotopic (exact) mass is 353 g/mol. The fourth-order valence-corrected chi connectivity index (χ4v) is 4.19. The fourth-order valence-electron chi connectivity index (χ4n) is 4.19. The van der Waals surface area contributed by atoms with Crippen molar-refractivity contribution in [2.24, 2.45) is 0 Å². The second kappa shape index (κ2) is 7.12. The molecule has 0 spiro atoms. The van der Waals surface area contributed by atoms with E-state index in [4.69, 9.17) is 9.47 Å². The summed E-state index contributed by atoms with van der Waals surface area (Å²) in [5.41, 5.74) is 2.47. The molecular formula is C22H27NO3. The van der Waals surface area contributed by atoms with E-state index in [1.807, 2.05) is 38.1 Å². The van der Waals surface area contributed by atoms with Crippen LogP contribution in [0.25, 0.3) is 0 Å². The Labute approximate surface area is 155 Å². The van der Waals surface area contributed by atoms with Gasteiger partial charge in [0.05, 0.1) is 18.8 Å². The van der Waals surface area contributed by atoms with Gasteiger partial charge in [-0.1, -0.05) is 60.7 Å². The lowest BCUT2D eigenvalue weighted by Gasteiger charge is -2.40. The molecule has 2 aliphatic heterocycles. The van der Waals surface area contributed by atoms with E-state index in [-0.39, 0.29) is 18.2 Å². The Morgan fingerprint density at radius 2 is 1.62 bits per heavy atom. The van der Waals surface area contributed by atoms with E-state index in [0.717, 1.165) is 13.0 Å². The maximum atomic E-state index is 11.1. The first-order valence-electron chi connectivity index (χ1n) is 9.37. The zero-order valence-electron chi connectivity index (χ0n) is 15.4. The third kappa shape index (κ3) is 3.55. The zero-order valence-corrected chi connectivity index (χ0v) is 15.4. The van der Waals surface area contributed by atoms with Gasteiger partial charge in [-0.2, -0.15) is 0 Å². The molecule has 26 heavy (non-hydrogen) atoms. The number of rotatable bonds is 4. The summed E-state index contributed by atoms with van der Waals surface area (Å²) in [6.45, 7) is 5.20. The summed E-state index contributed by atoms with van der Waals surface area (Å²) >= 11 is 0. The van der Waals surface area contributed by atoms with E-state index in [1.165, 1.54) is 11.1 Å². The van der Waals surface area contributed by atoms with Gasteiger partial charge in [0.15, 0.2) is 5.79 Å². The second-order valence-corrected chi connectivity index (χ2v) is 7.77. The number of aliphatic hydroxyl groups is 1. The van der Waals surface area contributed by atoms with Gasteiger partial charge in [0.1, 0.15) is 6.10 Å². The first kappa shape index (κ1) is 17.7. The lowest BCUT2D eigenvalue weighted by molar-refractivity contribution is -0.292. The van der Waals surface area contributed by atoms with Crippen molar-refractivity contribution in [1.82, 2.24) is 4.90 Å². The normalized spacial score (nSPS) is 30.9. The van der Waals surface area contributed by atoms with E-state index in [2.05, 4.69) is 41.3 Å². The molecule has 2 aromatic rings. The first-order valence-corrected chi connectivity index (χ1v) is 9.37. The number of aliphatic hydroxyl groups excluding tert-OH is 1. The van der Waals surface area contributed by atoms with Crippen LogP contribution in [0.3, 0.4) is 0 Å². The minimum atomic E-state index is -0.651. The number of hydrogen-bond acceptors (Lipinski definition) is 4. The maximum absolute atomic E-state index is 11.1. The average Bonchev–Trinajstić information content (AvgIpc) is 2.88. The number of fused-ring (bicyclic) bond motifs is 1. The molecule has 0 bridgehead atoms. The van der Waals surface area contributed by atoms with Crippen molar-refractivity contribution in [3.05, 3.63) is 71.8 Å². The molecule has 2 aliphatic rings. The van der Waals surface area contributed by atoms with Gasteiger partial charge in [0, 0.05) is 12.6 Å². The Hall–Kier alpha value is -1.72. The molecule has 0 amide bonds. The second-order valence-electron chi connectivity index (χ2n) is 7.77. The molecule has 2 fully saturated rings. The van der Waals surface area contributed by atoms with Crippen LogP contribution < -0.4 is 0 Å². The van der Waals surface area contributed by atoms with Gasteiger partial charge in [0.2, 0.25) is 0 Å². The van der Waals surface area contributed by atoms with Gasteiger partial charge in [-0.05, 0) is 31.4 Å². The van der Waals surface area contributed by atoms with Crippen LogP contribution in [0.4, 0.5) is 0 Å². The van der Waals surface area contributed by atoms with Crippen LogP contribution in [0.1, 0.15) is 25.0 Å². The van der Waals surface area contributed by atoms with Crippen molar-refractivity contribution in [2.75, 3.05) is 6.61 Å². The highest BCUT2D eigenvalue weighted by atomic mass is 16.7. The van der Waals surface area contributed by atoms with Crippen LogP contribution in [0, 0.1) is 0 Å². The van der Waals surface area contributed by atoms with Crippen molar-refractivity contribution in [1.29, 1.82) is 0 Å². The number of nitrogens with zero attached hydrogens (tertiary/aromatic N) is 1. The summed E-state index contributed by atoms with van der Waals surface area (Å²) in [6, 6.07) is 20.8. The molecule has 0 aliphatic carbocycles. The first-order chi connectivity index (χ1) is 12.5. The molecule has 4 nitrogen and oxygen atoms in total. The molecule has 0 saturated carbocycles. The van der Waals surface area contributed by atoms with Crippen molar-refractivity contribution in [3.8, 4) is 0 Å². The highest BCUT2D eigenvalue weighted by Crippen LogP contribution is 2.37. The van der Waals surface area contributed by atoms with Gasteiger partial charge < -0.3 is 14.6 Å². The Morgan fingerprint density at radius 1 is 1.00 bits per heavy atom. The lowest BCUT2D eigenvalue weighted by Crippen LogP contribution is -2.52. The number of hydrogen-bond donors (Lipinski definition) is 1. The van der Waals surface area contributed by atoms with Crippen molar-refractivity contribution in [3.63, 3.8) is 0 Å². The summed E-state index contributed by atoms with van der Waals surface area (Å²) in [5.74, 6) is -0.651.